The molecule has 7 nitrogen and oxygen atoms in total. The van der Waals surface area contributed by atoms with Crippen LogP contribution in [0.4, 0.5) is 5.69 Å². The van der Waals surface area contributed by atoms with Crippen molar-refractivity contribution >= 4 is 60.9 Å². The molecular weight excluding hydrogens is 618 g/mol. The summed E-state index contributed by atoms with van der Waals surface area (Å²) >= 11 is 6.60. The summed E-state index contributed by atoms with van der Waals surface area (Å²) < 4.78 is 6.22. The van der Waals surface area contributed by atoms with Gasteiger partial charge in [-0.1, -0.05) is 33.6 Å². The molecule has 0 spiro atoms. The van der Waals surface area contributed by atoms with Gasteiger partial charge in [-0.15, -0.1) is 0 Å². The van der Waals surface area contributed by atoms with E-state index in [1.807, 2.05) is 6.08 Å². The van der Waals surface area contributed by atoms with Gasteiger partial charge in [-0.05, 0) is 65.0 Å². The summed E-state index contributed by atoms with van der Waals surface area (Å²) in [5, 5.41) is 11.0. The molecule has 0 saturated carbocycles. The summed E-state index contributed by atoms with van der Waals surface area (Å²) in [6.07, 6.45) is 3.67. The van der Waals surface area contributed by atoms with Crippen molar-refractivity contribution < 1.29 is 29.0 Å². The predicted octanol–water partition coefficient (Wildman–Crippen LogP) is 5.13. The molecule has 3 aliphatic carbocycles. The molecule has 2 aromatic carbocycles. The fourth-order valence-electron chi connectivity index (χ4n) is 6.30. The molecule has 4 aliphatic rings. The number of carbonyl (C=O) groups excluding carboxylic acids is 4. The van der Waals surface area contributed by atoms with Crippen LogP contribution < -0.4 is 9.64 Å². The molecule has 0 radical (unpaired) electrons. The zero-order valence-electron chi connectivity index (χ0n) is 20.1. The number of phenols is 1. The lowest BCUT2D eigenvalue weighted by atomic mass is 9.59. The van der Waals surface area contributed by atoms with E-state index in [1.54, 1.807) is 36.4 Å². The lowest BCUT2D eigenvalue weighted by molar-refractivity contribution is -0.123. The van der Waals surface area contributed by atoms with Crippen LogP contribution in [0, 0.1) is 17.8 Å². The number of allylic oxidation sites excluding steroid dienone is 6. The van der Waals surface area contributed by atoms with Crippen molar-refractivity contribution in [3.8, 4) is 11.5 Å². The monoisotopic (exact) mass is 637 g/mol. The lowest BCUT2D eigenvalue weighted by Crippen LogP contribution is -2.39. The van der Waals surface area contributed by atoms with E-state index in [-0.39, 0.29) is 40.0 Å². The fourth-order valence-corrected chi connectivity index (χ4v) is 7.01. The van der Waals surface area contributed by atoms with Crippen LogP contribution >= 0.6 is 31.9 Å². The number of halogens is 2. The standard InChI is InChI=1S/C29H21Br2NO6/c1-38-15-6-7-17(22(33)10-15)24-16-8-9-18-25(19(16)11-20-26(24)23(34)12-21(31)27(20)35)29(37)32(28(18)36)14-4-2-13(30)3-5-14/h2-8,10,12,18-19,24-25,33H,9,11H2,1H3/t18-,19+,24+,25-/m0/s1. The molecule has 1 saturated heterocycles. The van der Waals surface area contributed by atoms with Crippen molar-refractivity contribution in [2.75, 3.05) is 12.0 Å². The number of carbonyl (C=O) groups is 4. The lowest BCUT2D eigenvalue weighted by Gasteiger charge is -2.42. The Labute approximate surface area is 235 Å². The van der Waals surface area contributed by atoms with Gasteiger partial charge in [-0.3, -0.25) is 24.1 Å². The largest absolute Gasteiger partial charge is 0.507 e. The van der Waals surface area contributed by atoms with Gasteiger partial charge < -0.3 is 9.84 Å². The zero-order valence-corrected chi connectivity index (χ0v) is 23.3. The fraction of sp³-hybridized carbons (Fsp3) is 0.241. The molecule has 192 valence electrons. The Hall–Kier alpha value is -3.30. The van der Waals surface area contributed by atoms with Crippen LogP contribution in [0.3, 0.4) is 0 Å². The van der Waals surface area contributed by atoms with Crippen LogP contribution in [-0.2, 0) is 19.2 Å². The molecule has 1 N–H and O–H groups in total. The first-order valence-corrected chi connectivity index (χ1v) is 13.7. The van der Waals surface area contributed by atoms with Gasteiger partial charge in [-0.2, -0.15) is 0 Å². The number of hydrogen-bond acceptors (Lipinski definition) is 6. The molecule has 2 amide bonds. The first-order valence-electron chi connectivity index (χ1n) is 12.1. The second kappa shape index (κ2) is 9.17. The molecule has 1 heterocycles. The van der Waals surface area contributed by atoms with E-state index < -0.39 is 23.7 Å². The number of imide groups is 1. The number of ketones is 2. The average molecular weight is 639 g/mol. The van der Waals surface area contributed by atoms with Crippen LogP contribution in [0.5, 0.6) is 11.5 Å². The third-order valence-electron chi connectivity index (χ3n) is 7.96. The summed E-state index contributed by atoms with van der Waals surface area (Å²) in [4.78, 5) is 55.2. The van der Waals surface area contributed by atoms with Crippen molar-refractivity contribution in [1.29, 1.82) is 0 Å². The van der Waals surface area contributed by atoms with Gasteiger partial charge in [0.15, 0.2) is 11.6 Å². The van der Waals surface area contributed by atoms with Gasteiger partial charge in [0.25, 0.3) is 0 Å². The van der Waals surface area contributed by atoms with Gasteiger partial charge in [0, 0.05) is 39.2 Å². The predicted molar refractivity (Wildman–Crippen MR) is 146 cm³/mol. The van der Waals surface area contributed by atoms with Gasteiger partial charge in [0.2, 0.25) is 11.8 Å². The molecular formula is C29H21Br2NO6. The molecule has 9 heteroatoms. The number of phenolic OH excluding ortho intramolecular Hbond substituents is 1. The quantitative estimate of drug-likeness (QED) is 0.284. The molecule has 0 bridgehead atoms. The van der Waals surface area contributed by atoms with Gasteiger partial charge in [-0.25, -0.2) is 0 Å². The smallest absolute Gasteiger partial charge is 0.238 e. The minimum absolute atomic E-state index is 0.0796. The maximum atomic E-state index is 13.9. The van der Waals surface area contributed by atoms with E-state index in [1.165, 1.54) is 24.2 Å². The SMILES string of the molecule is COc1ccc([C@H]2C3=CC[C@@H]4C(=O)N(c5ccc(Br)cc5)C(=O)[C@@H]4[C@@H]3CC3=C2C(=O)C=C(Br)C3=O)c(O)c1. The van der Waals surface area contributed by atoms with Crippen LogP contribution in [0.15, 0.2) is 80.3 Å². The van der Waals surface area contributed by atoms with Crippen molar-refractivity contribution in [2.45, 2.75) is 18.8 Å². The van der Waals surface area contributed by atoms with Crippen LogP contribution in [0.25, 0.3) is 0 Å². The number of hydrogen-bond donors (Lipinski definition) is 1. The van der Waals surface area contributed by atoms with Crippen molar-refractivity contribution in [3.05, 3.63) is 85.9 Å². The molecule has 6 rings (SSSR count). The number of ether oxygens (including phenoxy) is 1. The molecule has 4 atom stereocenters. The summed E-state index contributed by atoms with van der Waals surface area (Å²) in [7, 11) is 1.49. The van der Waals surface area contributed by atoms with E-state index in [2.05, 4.69) is 31.9 Å². The normalized spacial score (nSPS) is 26.6. The van der Waals surface area contributed by atoms with Gasteiger partial charge in [0.1, 0.15) is 11.5 Å². The number of rotatable bonds is 3. The molecule has 2 aromatic rings. The molecule has 0 aromatic heterocycles. The number of fused-ring (bicyclic) bond motifs is 3. The minimum Gasteiger partial charge on any atom is -0.507 e. The number of amides is 2. The number of anilines is 1. The highest BCUT2D eigenvalue weighted by molar-refractivity contribution is 9.12. The van der Waals surface area contributed by atoms with E-state index in [0.29, 0.717) is 34.6 Å². The summed E-state index contributed by atoms with van der Waals surface area (Å²) in [6, 6.07) is 11.8. The first-order chi connectivity index (χ1) is 18.2. The Bertz CT molecular complexity index is 1540. The van der Waals surface area contributed by atoms with Crippen molar-refractivity contribution in [2.24, 2.45) is 17.8 Å². The van der Waals surface area contributed by atoms with Crippen molar-refractivity contribution in [3.63, 3.8) is 0 Å². The number of nitrogens with zero attached hydrogens (tertiary/aromatic N) is 1. The Morgan fingerprint density at radius 3 is 2.39 bits per heavy atom. The third kappa shape index (κ3) is 3.66. The number of benzene rings is 2. The maximum absolute atomic E-state index is 13.9. The molecule has 38 heavy (non-hydrogen) atoms. The summed E-state index contributed by atoms with van der Waals surface area (Å²) in [5.74, 6) is -3.32. The molecule has 1 fully saturated rings. The Morgan fingerprint density at radius 2 is 1.71 bits per heavy atom. The van der Waals surface area contributed by atoms with Gasteiger partial charge >= 0.3 is 0 Å². The van der Waals surface area contributed by atoms with E-state index in [4.69, 9.17) is 4.74 Å². The second-order valence-electron chi connectivity index (χ2n) is 9.81. The molecule has 0 unspecified atom stereocenters. The average Bonchev–Trinajstić information content (AvgIpc) is 3.16. The van der Waals surface area contributed by atoms with E-state index in [0.717, 1.165) is 10.0 Å². The van der Waals surface area contributed by atoms with Gasteiger partial charge in [0.05, 0.1) is 29.1 Å². The highest BCUT2D eigenvalue weighted by Gasteiger charge is 2.56. The number of aromatic hydroxyl groups is 1. The minimum atomic E-state index is -0.728. The van der Waals surface area contributed by atoms with Crippen LogP contribution in [0.1, 0.15) is 24.3 Å². The summed E-state index contributed by atoms with van der Waals surface area (Å²) in [6.45, 7) is 0. The number of methoxy groups -OCH3 is 1. The maximum Gasteiger partial charge on any atom is 0.238 e. The first kappa shape index (κ1) is 25.0. The van der Waals surface area contributed by atoms with Crippen LogP contribution in [-0.4, -0.2) is 35.6 Å². The Morgan fingerprint density at radius 1 is 0.974 bits per heavy atom. The van der Waals surface area contributed by atoms with Crippen LogP contribution in [0.2, 0.25) is 0 Å². The second-order valence-corrected chi connectivity index (χ2v) is 11.6. The number of Topliss-reactive ketones (excluding diaryl/α,β-unsaturated/α-hetero) is 1. The summed E-state index contributed by atoms with van der Waals surface area (Å²) in [5.41, 5.74) is 2.34. The highest BCUT2D eigenvalue weighted by atomic mass is 79.9. The van der Waals surface area contributed by atoms with E-state index in [9.17, 15) is 24.3 Å². The molecule has 1 aliphatic heterocycles. The Balaban J connectivity index is 1.49. The van der Waals surface area contributed by atoms with Crippen molar-refractivity contribution in [1.82, 2.24) is 0 Å². The topological polar surface area (TPSA) is 101 Å². The zero-order chi connectivity index (χ0) is 26.9. The Kier molecular flexibility index (Phi) is 6.03. The highest BCUT2D eigenvalue weighted by Crippen LogP contribution is 2.56. The third-order valence-corrected chi connectivity index (χ3v) is 9.08. The van der Waals surface area contributed by atoms with E-state index >= 15 is 0 Å².